The lowest BCUT2D eigenvalue weighted by atomic mass is 10.1. The van der Waals surface area contributed by atoms with E-state index in [0.29, 0.717) is 0 Å². The summed E-state index contributed by atoms with van der Waals surface area (Å²) in [5, 5.41) is 5.04. The highest BCUT2D eigenvalue weighted by atomic mass is 32.1. The van der Waals surface area contributed by atoms with Gasteiger partial charge in [-0.2, -0.15) is 13.2 Å². The van der Waals surface area contributed by atoms with Crippen molar-refractivity contribution < 1.29 is 13.2 Å². The van der Waals surface area contributed by atoms with E-state index in [9.17, 15) is 13.2 Å². The second-order valence-electron chi connectivity index (χ2n) is 3.92. The molecular formula is C13H12F3NS. The molecule has 1 heterocycles. The zero-order valence-corrected chi connectivity index (χ0v) is 10.5. The molecule has 1 aromatic carbocycles. The molecule has 0 unspecified atom stereocenters. The van der Waals surface area contributed by atoms with Gasteiger partial charge in [0.1, 0.15) is 0 Å². The fraction of sp³-hybridized carbons (Fsp3) is 0.231. The van der Waals surface area contributed by atoms with Crippen molar-refractivity contribution in [2.24, 2.45) is 0 Å². The lowest BCUT2D eigenvalue weighted by Crippen LogP contribution is -2.04. The van der Waals surface area contributed by atoms with Crippen LogP contribution in [-0.4, -0.2) is 7.05 Å². The Morgan fingerprint density at radius 3 is 2.39 bits per heavy atom. The van der Waals surface area contributed by atoms with Gasteiger partial charge < -0.3 is 5.32 Å². The van der Waals surface area contributed by atoms with Crippen molar-refractivity contribution in [3.05, 3.63) is 46.8 Å². The Morgan fingerprint density at radius 2 is 1.83 bits per heavy atom. The summed E-state index contributed by atoms with van der Waals surface area (Å²) < 4.78 is 37.3. The maximum absolute atomic E-state index is 12.4. The topological polar surface area (TPSA) is 12.0 Å². The molecule has 0 aliphatic heterocycles. The van der Waals surface area contributed by atoms with Crippen molar-refractivity contribution in [1.29, 1.82) is 0 Å². The molecule has 1 nitrogen and oxygen atoms in total. The van der Waals surface area contributed by atoms with E-state index in [0.717, 1.165) is 34.7 Å². The van der Waals surface area contributed by atoms with Crippen molar-refractivity contribution in [3.8, 4) is 10.4 Å². The van der Waals surface area contributed by atoms with E-state index in [-0.39, 0.29) is 0 Å². The molecule has 0 aliphatic carbocycles. The molecule has 0 spiro atoms. The number of alkyl halides is 3. The number of thiophene rings is 1. The van der Waals surface area contributed by atoms with Crippen LogP contribution in [0.25, 0.3) is 10.4 Å². The SMILES string of the molecule is CNCc1csc(-c2ccc(C(F)(F)F)cc2)c1. The molecule has 0 amide bonds. The van der Waals surface area contributed by atoms with Gasteiger partial charge in [-0.25, -0.2) is 0 Å². The van der Waals surface area contributed by atoms with Crippen LogP contribution in [0.15, 0.2) is 35.7 Å². The number of rotatable bonds is 3. The minimum atomic E-state index is -4.27. The number of halogens is 3. The predicted octanol–water partition coefficient (Wildman–Crippen LogP) is 4.15. The maximum Gasteiger partial charge on any atom is 0.416 e. The van der Waals surface area contributed by atoms with Crippen LogP contribution >= 0.6 is 11.3 Å². The lowest BCUT2D eigenvalue weighted by molar-refractivity contribution is -0.137. The molecule has 0 fully saturated rings. The summed E-state index contributed by atoms with van der Waals surface area (Å²) in [6, 6.07) is 7.25. The van der Waals surface area contributed by atoms with Gasteiger partial charge in [-0.3, -0.25) is 0 Å². The molecule has 0 bridgehead atoms. The lowest BCUT2D eigenvalue weighted by Gasteiger charge is -2.06. The van der Waals surface area contributed by atoms with E-state index in [1.165, 1.54) is 23.5 Å². The largest absolute Gasteiger partial charge is 0.416 e. The molecule has 1 N–H and O–H groups in total. The Bertz CT molecular complexity index is 514. The molecule has 0 aliphatic rings. The van der Waals surface area contributed by atoms with Crippen LogP contribution in [0.2, 0.25) is 0 Å². The van der Waals surface area contributed by atoms with Crippen LogP contribution in [0.4, 0.5) is 13.2 Å². The first kappa shape index (κ1) is 13.1. The Labute approximate surface area is 107 Å². The molecular weight excluding hydrogens is 259 g/mol. The Morgan fingerprint density at radius 1 is 1.17 bits per heavy atom. The van der Waals surface area contributed by atoms with Crippen molar-refractivity contribution >= 4 is 11.3 Å². The van der Waals surface area contributed by atoms with Crippen molar-refractivity contribution in [2.45, 2.75) is 12.7 Å². The molecule has 1 aromatic heterocycles. The highest BCUT2D eigenvalue weighted by Crippen LogP contribution is 2.32. The molecule has 5 heteroatoms. The smallest absolute Gasteiger partial charge is 0.316 e. The average molecular weight is 271 g/mol. The standard InChI is InChI=1S/C13H12F3NS/c1-17-7-9-6-12(18-8-9)10-2-4-11(5-3-10)13(14,15)16/h2-6,8,17H,7H2,1H3. The summed E-state index contributed by atoms with van der Waals surface area (Å²) in [4.78, 5) is 0.981. The van der Waals surface area contributed by atoms with Crippen LogP contribution in [-0.2, 0) is 12.7 Å². The van der Waals surface area contributed by atoms with Crippen LogP contribution in [0.3, 0.4) is 0 Å². The summed E-state index contributed by atoms with van der Waals surface area (Å²) in [5.74, 6) is 0. The molecule has 0 atom stereocenters. The number of hydrogen-bond acceptors (Lipinski definition) is 2. The third kappa shape index (κ3) is 2.91. The Kier molecular flexibility index (Phi) is 3.73. The molecule has 0 saturated carbocycles. The first-order valence-corrected chi connectivity index (χ1v) is 6.28. The van der Waals surface area contributed by atoms with Gasteiger partial charge >= 0.3 is 6.18 Å². The van der Waals surface area contributed by atoms with Gasteiger partial charge in [0.15, 0.2) is 0 Å². The van der Waals surface area contributed by atoms with Crippen molar-refractivity contribution in [3.63, 3.8) is 0 Å². The van der Waals surface area contributed by atoms with Crippen molar-refractivity contribution in [2.75, 3.05) is 7.05 Å². The van der Waals surface area contributed by atoms with Crippen LogP contribution in [0.5, 0.6) is 0 Å². The predicted molar refractivity (Wildman–Crippen MR) is 67.5 cm³/mol. The summed E-state index contributed by atoms with van der Waals surface area (Å²) in [7, 11) is 1.86. The second kappa shape index (κ2) is 5.12. The van der Waals surface area contributed by atoms with Crippen LogP contribution in [0, 0.1) is 0 Å². The first-order chi connectivity index (χ1) is 8.50. The fourth-order valence-corrected chi connectivity index (χ4v) is 2.57. The van der Waals surface area contributed by atoms with Gasteiger partial charge in [0.05, 0.1) is 5.56 Å². The first-order valence-electron chi connectivity index (χ1n) is 5.40. The Hall–Kier alpha value is -1.33. The number of hydrogen-bond donors (Lipinski definition) is 1. The average Bonchev–Trinajstić information content (AvgIpc) is 2.77. The summed E-state index contributed by atoms with van der Waals surface area (Å²) in [6.45, 7) is 0.761. The second-order valence-corrected chi connectivity index (χ2v) is 4.84. The van der Waals surface area contributed by atoms with E-state index >= 15 is 0 Å². The van der Waals surface area contributed by atoms with E-state index < -0.39 is 11.7 Å². The minimum absolute atomic E-state index is 0.613. The molecule has 2 aromatic rings. The normalized spacial score (nSPS) is 11.8. The van der Waals surface area contributed by atoms with E-state index in [1.807, 2.05) is 18.5 Å². The van der Waals surface area contributed by atoms with Gasteiger partial charge in [0.25, 0.3) is 0 Å². The molecule has 0 saturated heterocycles. The number of benzene rings is 1. The van der Waals surface area contributed by atoms with Crippen LogP contribution in [0.1, 0.15) is 11.1 Å². The van der Waals surface area contributed by atoms with E-state index in [4.69, 9.17) is 0 Å². The number of nitrogens with one attached hydrogen (secondary N) is 1. The van der Waals surface area contributed by atoms with Gasteiger partial charge in [-0.1, -0.05) is 12.1 Å². The Balaban J connectivity index is 2.23. The fourth-order valence-electron chi connectivity index (χ4n) is 1.65. The highest BCUT2D eigenvalue weighted by Gasteiger charge is 2.29. The molecule has 0 radical (unpaired) electrons. The highest BCUT2D eigenvalue weighted by molar-refractivity contribution is 7.13. The maximum atomic E-state index is 12.4. The quantitative estimate of drug-likeness (QED) is 0.884. The summed E-state index contributed by atoms with van der Waals surface area (Å²) >= 11 is 1.53. The zero-order chi connectivity index (χ0) is 13.2. The molecule has 96 valence electrons. The minimum Gasteiger partial charge on any atom is -0.316 e. The van der Waals surface area contributed by atoms with E-state index in [2.05, 4.69) is 5.32 Å². The van der Waals surface area contributed by atoms with Gasteiger partial charge in [0, 0.05) is 11.4 Å². The van der Waals surface area contributed by atoms with E-state index in [1.54, 1.807) is 0 Å². The summed E-state index contributed by atoms with van der Waals surface area (Å²) in [6.07, 6.45) is -4.27. The van der Waals surface area contributed by atoms with Gasteiger partial charge in [0.2, 0.25) is 0 Å². The van der Waals surface area contributed by atoms with Crippen molar-refractivity contribution in [1.82, 2.24) is 5.32 Å². The zero-order valence-electron chi connectivity index (χ0n) is 9.71. The molecule has 2 rings (SSSR count). The monoisotopic (exact) mass is 271 g/mol. The third-order valence-corrected chi connectivity index (χ3v) is 3.56. The molecule has 18 heavy (non-hydrogen) atoms. The van der Waals surface area contributed by atoms with Crippen LogP contribution < -0.4 is 5.32 Å². The third-order valence-electron chi connectivity index (χ3n) is 2.53. The van der Waals surface area contributed by atoms with Gasteiger partial charge in [-0.05, 0) is 41.8 Å². The summed E-state index contributed by atoms with van der Waals surface area (Å²) in [5.41, 5.74) is 1.34. The van der Waals surface area contributed by atoms with Gasteiger partial charge in [-0.15, -0.1) is 11.3 Å².